The number of nitrogens with one attached hydrogen (secondary N) is 1. The second-order valence-electron chi connectivity index (χ2n) is 3.75. The maximum Gasteiger partial charge on any atom is 0.0592 e. The van der Waals surface area contributed by atoms with Gasteiger partial charge in [-0.15, -0.1) is 0 Å². The van der Waals surface area contributed by atoms with Gasteiger partial charge in [-0.25, -0.2) is 0 Å². The first kappa shape index (κ1) is 13.3. The lowest BCUT2D eigenvalue weighted by Crippen LogP contribution is -2.39. The van der Waals surface area contributed by atoms with Crippen molar-refractivity contribution in [2.75, 3.05) is 12.4 Å². The van der Waals surface area contributed by atoms with Gasteiger partial charge in [0.2, 0.25) is 0 Å². The summed E-state index contributed by atoms with van der Waals surface area (Å²) in [7, 11) is 0. The van der Waals surface area contributed by atoms with Crippen molar-refractivity contribution in [2.24, 2.45) is 0 Å². The van der Waals surface area contributed by atoms with Gasteiger partial charge in [0.15, 0.2) is 0 Å². The molecule has 0 aliphatic rings. The Morgan fingerprint density at radius 2 is 1.92 bits per heavy atom. The summed E-state index contributed by atoms with van der Waals surface area (Å²) in [4.78, 5) is 0. The molecule has 0 aromatic carbocycles. The van der Waals surface area contributed by atoms with Gasteiger partial charge in [0.05, 0.1) is 6.61 Å². The summed E-state index contributed by atoms with van der Waals surface area (Å²) < 4.78 is 0. The van der Waals surface area contributed by atoms with Crippen molar-refractivity contribution in [2.45, 2.75) is 51.4 Å². The summed E-state index contributed by atoms with van der Waals surface area (Å²) in [5, 5.41) is 13.1. The Kier molecular flexibility index (Phi) is 7.81. The minimum absolute atomic E-state index is 0.238. The van der Waals surface area contributed by atoms with Crippen LogP contribution in [0.1, 0.15) is 34.1 Å². The van der Waals surface area contributed by atoms with E-state index >= 15 is 0 Å². The Bertz CT molecular complexity index is 119. The molecule has 2 N–H and O–H groups in total. The molecule has 13 heavy (non-hydrogen) atoms. The van der Waals surface area contributed by atoms with Crippen LogP contribution in [-0.4, -0.2) is 34.8 Å². The highest BCUT2D eigenvalue weighted by molar-refractivity contribution is 7.99. The lowest BCUT2D eigenvalue weighted by atomic mass is 10.3. The number of thioether (sulfide) groups is 1. The molecule has 0 heterocycles. The monoisotopic (exact) mass is 205 g/mol. The highest BCUT2D eigenvalue weighted by atomic mass is 32.2. The SMILES string of the molecule is CCC(C)SCC(CO)NC(C)C. The first-order valence-corrected chi connectivity index (χ1v) is 6.13. The Balaban J connectivity index is 3.59. The molecular weight excluding hydrogens is 182 g/mol. The number of hydrogen-bond donors (Lipinski definition) is 2. The van der Waals surface area contributed by atoms with Gasteiger partial charge in [0.25, 0.3) is 0 Å². The molecule has 0 aliphatic carbocycles. The van der Waals surface area contributed by atoms with Crippen molar-refractivity contribution in [1.82, 2.24) is 5.32 Å². The van der Waals surface area contributed by atoms with Crippen LogP contribution in [0.4, 0.5) is 0 Å². The summed E-state index contributed by atoms with van der Waals surface area (Å²) in [6.07, 6.45) is 1.20. The molecule has 0 rings (SSSR count). The summed E-state index contributed by atoms with van der Waals surface area (Å²) in [6, 6.07) is 0.702. The topological polar surface area (TPSA) is 32.3 Å². The van der Waals surface area contributed by atoms with Crippen molar-refractivity contribution < 1.29 is 5.11 Å². The van der Waals surface area contributed by atoms with Crippen LogP contribution >= 0.6 is 11.8 Å². The van der Waals surface area contributed by atoms with Crippen molar-refractivity contribution in [1.29, 1.82) is 0 Å². The predicted octanol–water partition coefficient (Wildman–Crippen LogP) is 1.88. The van der Waals surface area contributed by atoms with Crippen LogP contribution in [0.25, 0.3) is 0 Å². The van der Waals surface area contributed by atoms with Gasteiger partial charge in [-0.1, -0.05) is 27.7 Å². The third-order valence-corrected chi connectivity index (χ3v) is 3.44. The average molecular weight is 205 g/mol. The van der Waals surface area contributed by atoms with E-state index < -0.39 is 0 Å². The van der Waals surface area contributed by atoms with Crippen molar-refractivity contribution in [3.63, 3.8) is 0 Å². The number of hydrogen-bond acceptors (Lipinski definition) is 3. The predicted molar refractivity (Wildman–Crippen MR) is 61.4 cm³/mol. The number of rotatable bonds is 7. The van der Waals surface area contributed by atoms with Gasteiger partial charge >= 0.3 is 0 Å². The molecule has 2 nitrogen and oxygen atoms in total. The van der Waals surface area contributed by atoms with Crippen LogP contribution in [0.2, 0.25) is 0 Å². The first-order chi connectivity index (χ1) is 6.10. The highest BCUT2D eigenvalue weighted by Gasteiger charge is 2.10. The standard InChI is InChI=1S/C10H23NOS/c1-5-9(4)13-7-10(6-12)11-8(2)3/h8-12H,5-7H2,1-4H3. The van der Waals surface area contributed by atoms with E-state index in [4.69, 9.17) is 5.11 Å². The van der Waals surface area contributed by atoms with Crippen LogP contribution in [0.5, 0.6) is 0 Å². The zero-order valence-electron chi connectivity index (χ0n) is 9.21. The molecule has 80 valence electrons. The molecule has 0 fully saturated rings. The van der Waals surface area contributed by atoms with E-state index in [-0.39, 0.29) is 12.6 Å². The van der Waals surface area contributed by atoms with E-state index in [0.717, 1.165) is 5.75 Å². The van der Waals surface area contributed by atoms with Gasteiger partial charge in [-0.3, -0.25) is 0 Å². The average Bonchev–Trinajstić information content (AvgIpc) is 2.10. The van der Waals surface area contributed by atoms with Gasteiger partial charge < -0.3 is 10.4 Å². The molecule has 0 amide bonds. The van der Waals surface area contributed by atoms with Crippen molar-refractivity contribution >= 4 is 11.8 Å². The zero-order valence-corrected chi connectivity index (χ0v) is 10.0. The smallest absolute Gasteiger partial charge is 0.0592 e. The molecule has 0 saturated carbocycles. The summed E-state index contributed by atoms with van der Waals surface area (Å²) in [5.41, 5.74) is 0. The van der Waals surface area contributed by atoms with E-state index in [2.05, 4.69) is 33.0 Å². The molecular formula is C10H23NOS. The van der Waals surface area contributed by atoms with Gasteiger partial charge in [0, 0.05) is 23.1 Å². The van der Waals surface area contributed by atoms with Gasteiger partial charge in [0.1, 0.15) is 0 Å². The fourth-order valence-electron chi connectivity index (χ4n) is 1.02. The summed E-state index contributed by atoms with van der Waals surface area (Å²) >= 11 is 1.93. The molecule has 2 atom stereocenters. The maximum absolute atomic E-state index is 9.08. The van der Waals surface area contributed by atoms with E-state index in [1.807, 2.05) is 11.8 Å². The third-order valence-electron chi connectivity index (χ3n) is 1.95. The Labute approximate surface area is 86.5 Å². The zero-order chi connectivity index (χ0) is 10.3. The van der Waals surface area contributed by atoms with Crippen LogP contribution in [-0.2, 0) is 0 Å². The van der Waals surface area contributed by atoms with Crippen LogP contribution in [0.15, 0.2) is 0 Å². The van der Waals surface area contributed by atoms with Crippen molar-refractivity contribution in [3.8, 4) is 0 Å². The van der Waals surface area contributed by atoms with E-state index in [0.29, 0.717) is 11.3 Å². The second-order valence-corrected chi connectivity index (χ2v) is 5.22. The molecule has 0 aliphatic heterocycles. The summed E-state index contributed by atoms with van der Waals surface area (Å²) in [6.45, 7) is 8.88. The minimum Gasteiger partial charge on any atom is -0.395 e. The Morgan fingerprint density at radius 1 is 1.31 bits per heavy atom. The van der Waals surface area contributed by atoms with Gasteiger partial charge in [-0.05, 0) is 6.42 Å². The molecule has 0 radical (unpaired) electrons. The van der Waals surface area contributed by atoms with Crippen LogP contribution in [0, 0.1) is 0 Å². The molecule has 2 unspecified atom stereocenters. The minimum atomic E-state index is 0.238. The number of aliphatic hydroxyl groups excluding tert-OH is 1. The molecule has 0 aromatic heterocycles. The first-order valence-electron chi connectivity index (χ1n) is 5.08. The quantitative estimate of drug-likeness (QED) is 0.665. The Morgan fingerprint density at radius 3 is 2.31 bits per heavy atom. The molecule has 0 bridgehead atoms. The van der Waals surface area contributed by atoms with Crippen LogP contribution in [0.3, 0.4) is 0 Å². The third kappa shape index (κ3) is 7.35. The molecule has 0 spiro atoms. The summed E-state index contributed by atoms with van der Waals surface area (Å²) in [5.74, 6) is 1.00. The lowest BCUT2D eigenvalue weighted by Gasteiger charge is -2.20. The van der Waals surface area contributed by atoms with Crippen LogP contribution < -0.4 is 5.32 Å². The highest BCUT2D eigenvalue weighted by Crippen LogP contribution is 2.14. The van der Waals surface area contributed by atoms with Crippen molar-refractivity contribution in [3.05, 3.63) is 0 Å². The molecule has 3 heteroatoms. The largest absolute Gasteiger partial charge is 0.395 e. The van der Waals surface area contributed by atoms with E-state index in [1.54, 1.807) is 0 Å². The molecule has 0 saturated heterocycles. The number of aliphatic hydroxyl groups is 1. The maximum atomic E-state index is 9.08. The van der Waals surface area contributed by atoms with Gasteiger partial charge in [-0.2, -0.15) is 11.8 Å². The fourth-order valence-corrected chi connectivity index (χ4v) is 2.02. The normalized spacial score (nSPS) is 16.2. The lowest BCUT2D eigenvalue weighted by molar-refractivity contribution is 0.247. The molecule has 0 aromatic rings. The Hall–Kier alpha value is 0.270. The fraction of sp³-hybridized carbons (Fsp3) is 1.00. The second kappa shape index (κ2) is 7.65. The van der Waals surface area contributed by atoms with E-state index in [1.165, 1.54) is 6.42 Å². The van der Waals surface area contributed by atoms with E-state index in [9.17, 15) is 0 Å².